The Bertz CT molecular complexity index is 1260. The number of rotatable bonds is 6. The maximum absolute atomic E-state index is 15.0. The summed E-state index contributed by atoms with van der Waals surface area (Å²) in [4.78, 5) is 0. The van der Waals surface area contributed by atoms with Crippen LogP contribution in [-0.4, -0.2) is 0 Å². The van der Waals surface area contributed by atoms with Crippen LogP contribution >= 0.6 is 11.6 Å². The zero-order valence-corrected chi connectivity index (χ0v) is 19.1. The minimum Gasteiger partial charge on any atom is -0.205 e. The second-order valence-electron chi connectivity index (χ2n) is 8.16. The lowest BCUT2D eigenvalue weighted by Crippen LogP contribution is -1.94. The van der Waals surface area contributed by atoms with Crippen molar-refractivity contribution in [2.24, 2.45) is 0 Å². The Morgan fingerprint density at radius 3 is 2.09 bits per heavy atom. The summed E-state index contributed by atoms with van der Waals surface area (Å²) in [6, 6.07) is 25.9. The number of halogens is 2. The van der Waals surface area contributed by atoms with Crippen LogP contribution in [-0.2, 0) is 19.3 Å². The van der Waals surface area contributed by atoms with Crippen molar-refractivity contribution in [3.63, 3.8) is 0 Å². The maximum Gasteiger partial charge on any atom is 0.146 e. The third-order valence-corrected chi connectivity index (χ3v) is 6.00. The van der Waals surface area contributed by atoms with Gasteiger partial charge in [0.25, 0.3) is 0 Å². The number of aryl methyl sites for hydroxylation is 3. The van der Waals surface area contributed by atoms with E-state index in [0.717, 1.165) is 30.2 Å². The molecular formula is C30H26ClF. The third-order valence-electron chi connectivity index (χ3n) is 5.75. The molecule has 0 amide bonds. The molecule has 4 rings (SSSR count). The third kappa shape index (κ3) is 5.58. The molecule has 0 fully saturated rings. The predicted octanol–water partition coefficient (Wildman–Crippen LogP) is 8.16. The molecule has 0 aliphatic carbocycles. The molecule has 0 aliphatic rings. The second-order valence-corrected chi connectivity index (χ2v) is 8.60. The number of benzene rings is 4. The molecule has 4 aromatic rings. The second kappa shape index (κ2) is 10.5. The van der Waals surface area contributed by atoms with Crippen LogP contribution in [0.2, 0.25) is 5.02 Å². The van der Waals surface area contributed by atoms with E-state index in [2.05, 4.69) is 49.1 Å². The van der Waals surface area contributed by atoms with Gasteiger partial charge in [0, 0.05) is 16.0 Å². The summed E-state index contributed by atoms with van der Waals surface area (Å²) in [5.41, 5.74) is 5.18. The normalized spacial score (nSPS) is 10.7. The van der Waals surface area contributed by atoms with Crippen molar-refractivity contribution in [3.8, 4) is 11.8 Å². The van der Waals surface area contributed by atoms with Crippen molar-refractivity contribution in [1.82, 2.24) is 0 Å². The van der Waals surface area contributed by atoms with Crippen molar-refractivity contribution in [2.45, 2.75) is 39.0 Å². The lowest BCUT2D eigenvalue weighted by molar-refractivity contribution is 0.636. The lowest BCUT2D eigenvalue weighted by Gasteiger charge is -2.07. The first-order valence-electron chi connectivity index (χ1n) is 11.2. The molecule has 0 bridgehead atoms. The van der Waals surface area contributed by atoms with Crippen LogP contribution in [0.1, 0.15) is 47.6 Å². The van der Waals surface area contributed by atoms with Crippen molar-refractivity contribution in [1.29, 1.82) is 0 Å². The summed E-state index contributed by atoms with van der Waals surface area (Å²) in [5.74, 6) is 5.70. The molecule has 0 nitrogen and oxygen atoms in total. The quantitative estimate of drug-likeness (QED) is 0.265. The molecule has 32 heavy (non-hydrogen) atoms. The Morgan fingerprint density at radius 2 is 1.38 bits per heavy atom. The number of hydrogen-bond donors (Lipinski definition) is 0. The summed E-state index contributed by atoms with van der Waals surface area (Å²) in [7, 11) is 0. The summed E-state index contributed by atoms with van der Waals surface area (Å²) in [5, 5.41) is 2.18. The van der Waals surface area contributed by atoms with Crippen molar-refractivity contribution in [2.75, 3.05) is 0 Å². The van der Waals surface area contributed by atoms with Crippen LogP contribution in [0.5, 0.6) is 0 Å². The van der Waals surface area contributed by atoms with Crippen molar-refractivity contribution in [3.05, 3.63) is 118 Å². The van der Waals surface area contributed by atoms with Crippen molar-refractivity contribution < 1.29 is 4.39 Å². The Morgan fingerprint density at radius 1 is 0.719 bits per heavy atom. The number of fused-ring (bicyclic) bond motifs is 1. The van der Waals surface area contributed by atoms with Gasteiger partial charge in [0.1, 0.15) is 5.82 Å². The molecule has 0 spiro atoms. The van der Waals surface area contributed by atoms with Gasteiger partial charge in [-0.05, 0) is 78.1 Å². The first-order valence-corrected chi connectivity index (χ1v) is 11.6. The van der Waals surface area contributed by atoms with Crippen LogP contribution in [0, 0.1) is 17.7 Å². The Kier molecular flexibility index (Phi) is 7.25. The first kappa shape index (κ1) is 22.1. The van der Waals surface area contributed by atoms with Gasteiger partial charge in [-0.1, -0.05) is 85.3 Å². The van der Waals surface area contributed by atoms with Gasteiger partial charge in [-0.2, -0.15) is 0 Å². The van der Waals surface area contributed by atoms with Gasteiger partial charge < -0.3 is 0 Å². The van der Waals surface area contributed by atoms with Crippen molar-refractivity contribution >= 4 is 22.4 Å². The highest BCUT2D eigenvalue weighted by Crippen LogP contribution is 2.23. The highest BCUT2D eigenvalue weighted by molar-refractivity contribution is 6.30. The average molecular weight is 441 g/mol. The summed E-state index contributed by atoms with van der Waals surface area (Å²) in [6.07, 6.45) is 5.53. The van der Waals surface area contributed by atoms with Gasteiger partial charge in [0.05, 0.1) is 5.56 Å². The largest absolute Gasteiger partial charge is 0.205 e. The van der Waals surface area contributed by atoms with E-state index in [1.54, 1.807) is 18.2 Å². The van der Waals surface area contributed by atoms with Gasteiger partial charge in [-0.15, -0.1) is 0 Å². The minimum absolute atomic E-state index is 0.266. The molecule has 2 heteroatoms. The standard InChI is InChI=1S/C30H26ClF/c1-2-3-4-22-5-7-23(8-6-22)9-10-25-14-20-29-27(21-25)17-16-26(30(29)32)15-11-24-12-18-28(31)19-13-24/h5-8,12-14,16-21H,2-4,9-10H2,1H3. The zero-order chi connectivity index (χ0) is 22.3. The average Bonchev–Trinajstić information content (AvgIpc) is 2.82. The molecule has 0 saturated carbocycles. The van der Waals surface area contributed by atoms with Crippen LogP contribution in [0.3, 0.4) is 0 Å². The van der Waals surface area contributed by atoms with E-state index in [0.29, 0.717) is 16.0 Å². The van der Waals surface area contributed by atoms with E-state index >= 15 is 4.39 Å². The van der Waals surface area contributed by atoms with Gasteiger partial charge in [-0.25, -0.2) is 4.39 Å². The summed E-state index contributed by atoms with van der Waals surface area (Å²) >= 11 is 5.90. The molecule has 0 aromatic heterocycles. The molecule has 0 saturated heterocycles. The SMILES string of the molecule is CCCCc1ccc(CCc2ccc3c(F)c(C#Cc4ccc(Cl)cc4)ccc3c2)cc1. The van der Waals surface area contributed by atoms with Gasteiger partial charge in [-0.3, -0.25) is 0 Å². The number of hydrogen-bond acceptors (Lipinski definition) is 0. The predicted molar refractivity (Wildman–Crippen MR) is 134 cm³/mol. The van der Waals surface area contributed by atoms with Gasteiger partial charge in [0.2, 0.25) is 0 Å². The Hall–Kier alpha value is -3.08. The van der Waals surface area contributed by atoms with E-state index in [9.17, 15) is 0 Å². The van der Waals surface area contributed by atoms with Crippen LogP contribution in [0.15, 0.2) is 78.9 Å². The zero-order valence-electron chi connectivity index (χ0n) is 18.3. The van der Waals surface area contributed by atoms with E-state index in [1.807, 2.05) is 30.3 Å². The van der Waals surface area contributed by atoms with E-state index in [-0.39, 0.29) is 5.82 Å². The first-order chi connectivity index (χ1) is 15.6. The molecular weight excluding hydrogens is 415 g/mol. The fourth-order valence-corrected chi connectivity index (χ4v) is 3.93. The monoisotopic (exact) mass is 440 g/mol. The highest BCUT2D eigenvalue weighted by atomic mass is 35.5. The molecule has 4 aromatic carbocycles. The molecule has 160 valence electrons. The highest BCUT2D eigenvalue weighted by Gasteiger charge is 2.07. The molecule has 0 atom stereocenters. The van der Waals surface area contributed by atoms with Gasteiger partial charge in [0.15, 0.2) is 0 Å². The molecule has 0 N–H and O–H groups in total. The molecule has 0 aliphatic heterocycles. The van der Waals surface area contributed by atoms with Crippen LogP contribution < -0.4 is 0 Å². The maximum atomic E-state index is 15.0. The van der Waals surface area contributed by atoms with E-state index in [1.165, 1.54) is 29.5 Å². The molecule has 0 radical (unpaired) electrons. The summed E-state index contributed by atoms with van der Waals surface area (Å²) in [6.45, 7) is 2.22. The molecule has 0 unspecified atom stereocenters. The van der Waals surface area contributed by atoms with Gasteiger partial charge >= 0.3 is 0 Å². The smallest absolute Gasteiger partial charge is 0.146 e. The fourth-order valence-electron chi connectivity index (χ4n) is 3.81. The van der Waals surface area contributed by atoms with E-state index < -0.39 is 0 Å². The number of unbranched alkanes of at least 4 members (excludes halogenated alkanes) is 1. The van der Waals surface area contributed by atoms with E-state index in [4.69, 9.17) is 11.6 Å². The van der Waals surface area contributed by atoms with Crippen LogP contribution in [0.4, 0.5) is 4.39 Å². The molecule has 0 heterocycles. The van der Waals surface area contributed by atoms with Crippen LogP contribution in [0.25, 0.3) is 10.8 Å². The topological polar surface area (TPSA) is 0 Å². The summed E-state index contributed by atoms with van der Waals surface area (Å²) < 4.78 is 15.0. The lowest BCUT2D eigenvalue weighted by atomic mass is 9.98. The fraction of sp³-hybridized carbons (Fsp3) is 0.200. The minimum atomic E-state index is -0.266. The Labute approximate surface area is 195 Å². The Balaban J connectivity index is 1.46.